The first-order valence-corrected chi connectivity index (χ1v) is 8.39. The lowest BCUT2D eigenvalue weighted by atomic mass is 9.74. The average Bonchev–Trinajstić information content (AvgIpc) is 2.89. The van der Waals surface area contributed by atoms with Crippen LogP contribution in [0.15, 0.2) is 43.0 Å². The van der Waals surface area contributed by atoms with Crippen molar-refractivity contribution in [3.63, 3.8) is 0 Å². The number of rotatable bonds is 2. The number of hydrogen-bond donors (Lipinski definition) is 0. The van der Waals surface area contributed by atoms with Crippen molar-refractivity contribution in [1.29, 1.82) is 0 Å². The first-order chi connectivity index (χ1) is 11.7. The van der Waals surface area contributed by atoms with Crippen molar-refractivity contribution in [2.75, 3.05) is 25.0 Å². The zero-order valence-corrected chi connectivity index (χ0v) is 13.8. The van der Waals surface area contributed by atoms with Gasteiger partial charge in [-0.3, -0.25) is 9.78 Å². The number of piperidine rings is 1. The molecule has 2 aliphatic rings. The zero-order chi connectivity index (χ0) is 16.6. The molecule has 2 aliphatic heterocycles. The molecule has 0 unspecified atom stereocenters. The van der Waals surface area contributed by atoms with Gasteiger partial charge in [0.15, 0.2) is 0 Å². The minimum atomic E-state index is -0.107. The van der Waals surface area contributed by atoms with Crippen LogP contribution >= 0.6 is 0 Å². The van der Waals surface area contributed by atoms with Gasteiger partial charge in [-0.05, 0) is 36.6 Å². The van der Waals surface area contributed by atoms with E-state index in [1.165, 1.54) is 5.56 Å². The second kappa shape index (κ2) is 5.85. The summed E-state index contributed by atoms with van der Waals surface area (Å²) in [6.45, 7) is 1.73. The van der Waals surface area contributed by atoms with E-state index in [0.717, 1.165) is 31.9 Å². The maximum atomic E-state index is 12.5. The Morgan fingerprint density at radius 1 is 1.08 bits per heavy atom. The van der Waals surface area contributed by atoms with Gasteiger partial charge in [-0.1, -0.05) is 0 Å². The third-order valence-electron chi connectivity index (χ3n) is 5.64. The largest absolute Gasteiger partial charge is 0.341 e. The fourth-order valence-electron chi connectivity index (χ4n) is 4.24. The summed E-state index contributed by atoms with van der Waals surface area (Å²) in [7, 11) is 1.96. The Labute approximate surface area is 141 Å². The van der Waals surface area contributed by atoms with Crippen LogP contribution in [0.1, 0.15) is 30.7 Å². The van der Waals surface area contributed by atoms with E-state index in [2.05, 4.69) is 19.9 Å². The molecule has 24 heavy (non-hydrogen) atoms. The number of aromatic nitrogens is 3. The molecular weight excluding hydrogens is 302 g/mol. The van der Waals surface area contributed by atoms with Crippen molar-refractivity contribution in [2.24, 2.45) is 0 Å². The number of anilines is 1. The maximum Gasteiger partial charge on any atom is 0.225 e. The van der Waals surface area contributed by atoms with Gasteiger partial charge in [-0.2, -0.15) is 0 Å². The molecular formula is C18H21N5O. The summed E-state index contributed by atoms with van der Waals surface area (Å²) >= 11 is 0. The lowest BCUT2D eigenvalue weighted by molar-refractivity contribution is -0.130. The second-order valence-corrected chi connectivity index (χ2v) is 6.63. The van der Waals surface area contributed by atoms with Crippen molar-refractivity contribution >= 4 is 11.9 Å². The Kier molecular flexibility index (Phi) is 3.67. The number of carbonyl (C=O) groups is 1. The number of pyridine rings is 1. The van der Waals surface area contributed by atoms with E-state index in [4.69, 9.17) is 0 Å². The highest BCUT2D eigenvalue weighted by Gasteiger charge is 2.52. The van der Waals surface area contributed by atoms with Crippen molar-refractivity contribution in [2.45, 2.75) is 30.7 Å². The minimum absolute atomic E-state index is 0.107. The fraction of sp³-hybridized carbons (Fsp3) is 0.444. The lowest BCUT2D eigenvalue weighted by Crippen LogP contribution is -2.54. The summed E-state index contributed by atoms with van der Waals surface area (Å²) in [6.07, 6.45) is 9.64. The summed E-state index contributed by atoms with van der Waals surface area (Å²) in [5.41, 5.74) is 1.11. The Bertz CT molecular complexity index is 713. The van der Waals surface area contributed by atoms with Gasteiger partial charge in [0, 0.05) is 57.3 Å². The molecule has 4 heterocycles. The van der Waals surface area contributed by atoms with Gasteiger partial charge in [-0.15, -0.1) is 0 Å². The van der Waals surface area contributed by atoms with E-state index >= 15 is 0 Å². The van der Waals surface area contributed by atoms with Gasteiger partial charge >= 0.3 is 0 Å². The SMILES string of the molecule is CN1C(=O)C[C@H](c2ccncc2)C12CCN(c1ncccn1)CC2. The van der Waals surface area contributed by atoms with Crippen LogP contribution in [0.2, 0.25) is 0 Å². The summed E-state index contributed by atoms with van der Waals surface area (Å²) in [4.78, 5) is 29.5. The summed E-state index contributed by atoms with van der Waals surface area (Å²) < 4.78 is 0. The van der Waals surface area contributed by atoms with Crippen molar-refractivity contribution in [1.82, 2.24) is 19.9 Å². The normalized spacial score (nSPS) is 23.0. The number of hydrogen-bond acceptors (Lipinski definition) is 5. The smallest absolute Gasteiger partial charge is 0.225 e. The second-order valence-electron chi connectivity index (χ2n) is 6.63. The average molecular weight is 323 g/mol. The quantitative estimate of drug-likeness (QED) is 0.844. The maximum absolute atomic E-state index is 12.5. The van der Waals surface area contributed by atoms with Crippen LogP contribution in [0.3, 0.4) is 0 Å². The van der Waals surface area contributed by atoms with Crippen LogP contribution in [0.4, 0.5) is 5.95 Å². The van der Waals surface area contributed by atoms with E-state index in [1.807, 2.05) is 42.5 Å². The van der Waals surface area contributed by atoms with Gasteiger partial charge in [0.1, 0.15) is 0 Å². The van der Waals surface area contributed by atoms with Crippen molar-refractivity contribution in [3.05, 3.63) is 48.5 Å². The minimum Gasteiger partial charge on any atom is -0.341 e. The van der Waals surface area contributed by atoms with E-state index in [0.29, 0.717) is 6.42 Å². The molecule has 2 saturated heterocycles. The number of amides is 1. The Hall–Kier alpha value is -2.50. The number of likely N-dealkylation sites (N-methyl/N-ethyl adjacent to an activating group) is 1. The molecule has 0 saturated carbocycles. The molecule has 1 atom stereocenters. The predicted octanol–water partition coefficient (Wildman–Crippen LogP) is 1.86. The molecule has 4 rings (SSSR count). The molecule has 0 N–H and O–H groups in total. The fourth-order valence-corrected chi connectivity index (χ4v) is 4.24. The van der Waals surface area contributed by atoms with Crippen molar-refractivity contribution < 1.29 is 4.79 Å². The highest BCUT2D eigenvalue weighted by atomic mass is 16.2. The molecule has 6 nitrogen and oxygen atoms in total. The summed E-state index contributed by atoms with van der Waals surface area (Å²) in [5, 5.41) is 0. The summed E-state index contributed by atoms with van der Waals surface area (Å²) in [6, 6.07) is 5.93. The van der Waals surface area contributed by atoms with Crippen molar-refractivity contribution in [3.8, 4) is 0 Å². The van der Waals surface area contributed by atoms with E-state index in [1.54, 1.807) is 12.4 Å². The van der Waals surface area contributed by atoms with Crippen LogP contribution in [-0.2, 0) is 4.79 Å². The Morgan fingerprint density at radius 3 is 2.42 bits per heavy atom. The highest BCUT2D eigenvalue weighted by Crippen LogP contribution is 2.48. The van der Waals surface area contributed by atoms with Gasteiger partial charge in [-0.25, -0.2) is 9.97 Å². The molecule has 2 aromatic rings. The van der Waals surface area contributed by atoms with Crippen LogP contribution in [0.25, 0.3) is 0 Å². The third-order valence-corrected chi connectivity index (χ3v) is 5.64. The molecule has 2 aromatic heterocycles. The third kappa shape index (κ3) is 2.33. The van der Waals surface area contributed by atoms with E-state index in [-0.39, 0.29) is 17.4 Å². The molecule has 0 bridgehead atoms. The molecule has 0 radical (unpaired) electrons. The molecule has 0 aromatic carbocycles. The molecule has 124 valence electrons. The number of carbonyl (C=O) groups excluding carboxylic acids is 1. The van der Waals surface area contributed by atoms with Crippen LogP contribution in [-0.4, -0.2) is 51.4 Å². The topological polar surface area (TPSA) is 62.2 Å². The lowest BCUT2D eigenvalue weighted by Gasteiger charge is -2.46. The molecule has 6 heteroatoms. The van der Waals surface area contributed by atoms with Gasteiger partial charge in [0.2, 0.25) is 11.9 Å². The van der Waals surface area contributed by atoms with Crippen LogP contribution < -0.4 is 4.90 Å². The molecule has 1 amide bonds. The monoisotopic (exact) mass is 323 g/mol. The molecule has 0 aliphatic carbocycles. The predicted molar refractivity (Wildman–Crippen MR) is 90.6 cm³/mol. The van der Waals surface area contributed by atoms with Gasteiger partial charge < -0.3 is 9.80 Å². The van der Waals surface area contributed by atoms with Gasteiger partial charge in [0.25, 0.3) is 0 Å². The first-order valence-electron chi connectivity index (χ1n) is 8.39. The zero-order valence-electron chi connectivity index (χ0n) is 13.8. The Morgan fingerprint density at radius 2 is 1.75 bits per heavy atom. The number of nitrogens with zero attached hydrogens (tertiary/aromatic N) is 5. The van der Waals surface area contributed by atoms with Crippen LogP contribution in [0.5, 0.6) is 0 Å². The van der Waals surface area contributed by atoms with Crippen LogP contribution in [0, 0.1) is 0 Å². The van der Waals surface area contributed by atoms with Gasteiger partial charge in [0.05, 0.1) is 5.54 Å². The number of likely N-dealkylation sites (tertiary alicyclic amines) is 1. The molecule has 1 spiro atoms. The molecule has 2 fully saturated rings. The standard InChI is InChI=1S/C18H21N5O/c1-22-16(24)13-15(14-3-9-19-10-4-14)18(22)5-11-23(12-6-18)17-20-7-2-8-21-17/h2-4,7-10,15H,5-6,11-13H2,1H3/t15-/m1/s1. The highest BCUT2D eigenvalue weighted by molar-refractivity contribution is 5.81. The Balaban J connectivity index is 1.60. The van der Waals surface area contributed by atoms with E-state index < -0.39 is 0 Å². The van der Waals surface area contributed by atoms with E-state index in [9.17, 15) is 4.79 Å². The summed E-state index contributed by atoms with van der Waals surface area (Å²) in [5.74, 6) is 1.25. The first kappa shape index (κ1) is 15.1.